The summed E-state index contributed by atoms with van der Waals surface area (Å²) in [6, 6.07) is 0. The van der Waals surface area contributed by atoms with Crippen LogP contribution in [0.5, 0.6) is 0 Å². The number of hydrogen-bond acceptors (Lipinski definition) is 6. The first-order valence-electron chi connectivity index (χ1n) is 8.18. The highest BCUT2D eigenvalue weighted by molar-refractivity contribution is 7.89. The molecular weight excluding hydrogens is 334 g/mol. The van der Waals surface area contributed by atoms with E-state index >= 15 is 0 Å². The highest BCUT2D eigenvalue weighted by atomic mass is 32.2. The molecule has 23 heavy (non-hydrogen) atoms. The minimum absolute atomic E-state index is 0.158. The zero-order valence-electron chi connectivity index (χ0n) is 13.8. The Kier molecular flexibility index (Phi) is 5.08. The maximum absolute atomic E-state index is 12.2. The van der Waals surface area contributed by atoms with E-state index in [4.69, 9.17) is 4.74 Å². The molecule has 0 unspecified atom stereocenters. The number of ether oxygens (including phenoxy) is 1. The fourth-order valence-corrected chi connectivity index (χ4v) is 5.27. The summed E-state index contributed by atoms with van der Waals surface area (Å²) < 4.78 is 32.1. The van der Waals surface area contributed by atoms with E-state index in [2.05, 4.69) is 15.3 Å². The molecule has 1 spiro atoms. The molecule has 1 atom stereocenters. The third kappa shape index (κ3) is 3.93. The van der Waals surface area contributed by atoms with E-state index in [1.165, 1.54) is 0 Å². The minimum atomic E-state index is -3.15. The summed E-state index contributed by atoms with van der Waals surface area (Å²) in [7, 11) is -3.15. The Labute approximate surface area is 142 Å². The zero-order valence-corrected chi connectivity index (χ0v) is 15.5. The van der Waals surface area contributed by atoms with E-state index in [1.54, 1.807) is 22.6 Å². The Hall–Kier alpha value is -0.540. The van der Waals surface area contributed by atoms with Gasteiger partial charge >= 0.3 is 0 Å². The Morgan fingerprint density at radius 3 is 2.91 bits per heavy atom. The number of hydrogen-bond donors (Lipinski definition) is 0. The average molecular weight is 360 g/mol. The van der Waals surface area contributed by atoms with Gasteiger partial charge in [0.25, 0.3) is 0 Å². The van der Waals surface area contributed by atoms with Gasteiger partial charge in [0.2, 0.25) is 10.0 Å². The van der Waals surface area contributed by atoms with Gasteiger partial charge in [-0.15, -0.1) is 11.3 Å². The molecule has 0 aliphatic carbocycles. The van der Waals surface area contributed by atoms with Gasteiger partial charge in [0, 0.05) is 31.6 Å². The number of piperidine rings is 1. The lowest BCUT2D eigenvalue weighted by Gasteiger charge is -2.47. The summed E-state index contributed by atoms with van der Waals surface area (Å²) in [5.74, 6) is 0.158. The van der Waals surface area contributed by atoms with Crippen LogP contribution in [0.1, 0.15) is 30.5 Å². The van der Waals surface area contributed by atoms with Crippen LogP contribution in [0.4, 0.5) is 0 Å². The smallest absolute Gasteiger partial charge is 0.214 e. The Balaban J connectivity index is 1.69. The van der Waals surface area contributed by atoms with Crippen molar-refractivity contribution >= 4 is 21.4 Å². The SMILES string of the molecule is CCS(=O)(=O)N1CCO[C@@]2(CCCN(Cc3csc(C)n3)C2)C1. The summed E-state index contributed by atoms with van der Waals surface area (Å²) in [6.07, 6.45) is 1.96. The lowest BCUT2D eigenvalue weighted by molar-refractivity contribution is -0.125. The van der Waals surface area contributed by atoms with E-state index in [9.17, 15) is 8.42 Å². The Bertz CT molecular complexity index is 642. The predicted molar refractivity (Wildman–Crippen MR) is 91.1 cm³/mol. The first kappa shape index (κ1) is 17.3. The van der Waals surface area contributed by atoms with Gasteiger partial charge in [-0.3, -0.25) is 4.90 Å². The lowest BCUT2D eigenvalue weighted by Crippen LogP contribution is -2.60. The van der Waals surface area contributed by atoms with Crippen LogP contribution in [-0.4, -0.2) is 66.7 Å². The van der Waals surface area contributed by atoms with Crippen LogP contribution in [0.15, 0.2) is 5.38 Å². The van der Waals surface area contributed by atoms with Crippen molar-refractivity contribution in [3.05, 3.63) is 16.1 Å². The molecule has 0 saturated carbocycles. The molecule has 0 aromatic carbocycles. The van der Waals surface area contributed by atoms with Crippen molar-refractivity contribution in [1.29, 1.82) is 0 Å². The standard InChI is InChI=1S/C15H25N3O3S2/c1-3-23(19,20)18-7-8-21-15(12-18)5-4-6-17(11-15)9-14-10-22-13(2)16-14/h10H,3-9,11-12H2,1-2H3/t15-/m1/s1. The Morgan fingerprint density at radius 2 is 2.22 bits per heavy atom. The molecule has 130 valence electrons. The van der Waals surface area contributed by atoms with E-state index in [0.717, 1.165) is 43.2 Å². The number of rotatable bonds is 4. The average Bonchev–Trinajstić information content (AvgIpc) is 2.92. The maximum atomic E-state index is 12.2. The fraction of sp³-hybridized carbons (Fsp3) is 0.800. The molecule has 2 aliphatic rings. The van der Waals surface area contributed by atoms with Gasteiger partial charge in [-0.05, 0) is 33.2 Å². The van der Waals surface area contributed by atoms with Crippen molar-refractivity contribution in [3.63, 3.8) is 0 Å². The summed E-state index contributed by atoms with van der Waals surface area (Å²) in [5, 5.41) is 3.19. The third-order valence-electron chi connectivity index (χ3n) is 4.64. The molecule has 1 aromatic rings. The first-order chi connectivity index (χ1) is 10.9. The van der Waals surface area contributed by atoms with Gasteiger partial charge in [-0.25, -0.2) is 13.4 Å². The van der Waals surface area contributed by atoms with Gasteiger partial charge in [-0.1, -0.05) is 0 Å². The molecule has 0 bridgehead atoms. The number of likely N-dealkylation sites (tertiary alicyclic amines) is 1. The highest BCUT2D eigenvalue weighted by Crippen LogP contribution is 2.31. The number of sulfonamides is 1. The van der Waals surface area contributed by atoms with Crippen LogP contribution in [0.25, 0.3) is 0 Å². The molecule has 0 radical (unpaired) electrons. The molecule has 3 rings (SSSR count). The van der Waals surface area contributed by atoms with Crippen LogP contribution >= 0.6 is 11.3 Å². The lowest BCUT2D eigenvalue weighted by atomic mass is 9.91. The molecule has 2 fully saturated rings. The zero-order chi connectivity index (χ0) is 16.5. The van der Waals surface area contributed by atoms with Crippen molar-refractivity contribution in [2.75, 3.05) is 38.5 Å². The quantitative estimate of drug-likeness (QED) is 0.815. The van der Waals surface area contributed by atoms with Gasteiger partial charge in [0.1, 0.15) is 0 Å². The van der Waals surface area contributed by atoms with Crippen LogP contribution in [-0.2, 0) is 21.3 Å². The molecule has 3 heterocycles. The predicted octanol–water partition coefficient (Wildman–Crippen LogP) is 1.47. The molecular formula is C15H25N3O3S2. The van der Waals surface area contributed by atoms with Gasteiger partial charge in [-0.2, -0.15) is 4.31 Å². The molecule has 8 heteroatoms. The summed E-state index contributed by atoms with van der Waals surface area (Å²) in [4.78, 5) is 6.88. The molecule has 6 nitrogen and oxygen atoms in total. The van der Waals surface area contributed by atoms with E-state index in [-0.39, 0.29) is 11.4 Å². The molecule has 1 aromatic heterocycles. The van der Waals surface area contributed by atoms with E-state index < -0.39 is 10.0 Å². The van der Waals surface area contributed by atoms with Crippen molar-refractivity contribution < 1.29 is 13.2 Å². The van der Waals surface area contributed by atoms with Crippen molar-refractivity contribution in [2.45, 2.75) is 38.8 Å². The fourth-order valence-electron chi connectivity index (χ4n) is 3.51. The summed E-state index contributed by atoms with van der Waals surface area (Å²) in [5.41, 5.74) is 0.738. The Morgan fingerprint density at radius 1 is 1.39 bits per heavy atom. The second kappa shape index (κ2) is 6.76. The molecule has 2 aliphatic heterocycles. The normalized spacial score (nSPS) is 27.6. The van der Waals surface area contributed by atoms with Crippen LogP contribution in [0, 0.1) is 6.92 Å². The van der Waals surface area contributed by atoms with Crippen LogP contribution in [0.2, 0.25) is 0 Å². The molecule has 2 saturated heterocycles. The van der Waals surface area contributed by atoms with Crippen LogP contribution < -0.4 is 0 Å². The van der Waals surface area contributed by atoms with Crippen molar-refractivity contribution in [2.24, 2.45) is 0 Å². The van der Waals surface area contributed by atoms with Gasteiger partial charge in [0.05, 0.1) is 28.7 Å². The second-order valence-corrected chi connectivity index (χ2v) is 9.76. The van der Waals surface area contributed by atoms with Crippen molar-refractivity contribution in [1.82, 2.24) is 14.2 Å². The molecule has 0 N–H and O–H groups in total. The maximum Gasteiger partial charge on any atom is 0.214 e. The number of aryl methyl sites for hydroxylation is 1. The first-order valence-corrected chi connectivity index (χ1v) is 10.7. The summed E-state index contributed by atoms with van der Waals surface area (Å²) >= 11 is 1.67. The number of thiazole rings is 1. The topological polar surface area (TPSA) is 62.7 Å². The summed E-state index contributed by atoms with van der Waals surface area (Å²) in [6.45, 7) is 7.78. The van der Waals surface area contributed by atoms with Crippen LogP contribution in [0.3, 0.4) is 0 Å². The number of aromatic nitrogens is 1. The highest BCUT2D eigenvalue weighted by Gasteiger charge is 2.43. The minimum Gasteiger partial charge on any atom is -0.371 e. The monoisotopic (exact) mass is 359 g/mol. The largest absolute Gasteiger partial charge is 0.371 e. The van der Waals surface area contributed by atoms with Gasteiger partial charge in [0.15, 0.2) is 0 Å². The number of nitrogens with zero attached hydrogens (tertiary/aromatic N) is 3. The second-order valence-electron chi connectivity index (χ2n) is 6.44. The third-order valence-corrected chi connectivity index (χ3v) is 7.29. The van der Waals surface area contributed by atoms with Gasteiger partial charge < -0.3 is 4.74 Å². The molecule has 0 amide bonds. The van der Waals surface area contributed by atoms with Crippen molar-refractivity contribution in [3.8, 4) is 0 Å². The number of morpholine rings is 1. The van der Waals surface area contributed by atoms with E-state index in [0.29, 0.717) is 19.7 Å². The van der Waals surface area contributed by atoms with E-state index in [1.807, 2.05) is 6.92 Å².